The summed E-state index contributed by atoms with van der Waals surface area (Å²) in [5.74, 6) is -2.16. The van der Waals surface area contributed by atoms with E-state index in [0.29, 0.717) is 10.6 Å². The van der Waals surface area contributed by atoms with Crippen LogP contribution in [0.4, 0.5) is 0 Å². The van der Waals surface area contributed by atoms with Crippen LogP contribution in [0.1, 0.15) is 11.5 Å². The van der Waals surface area contributed by atoms with Crippen LogP contribution in [-0.4, -0.2) is 36.5 Å². The largest absolute Gasteiger partial charge is 0.481 e. The first-order valence-corrected chi connectivity index (χ1v) is 9.17. The summed E-state index contributed by atoms with van der Waals surface area (Å²) in [6.07, 6.45) is 0. The first kappa shape index (κ1) is 17.0. The maximum atomic E-state index is 12.9. The van der Waals surface area contributed by atoms with Gasteiger partial charge < -0.3 is 10.2 Å². The van der Waals surface area contributed by atoms with Crippen LogP contribution in [0.25, 0.3) is 0 Å². The van der Waals surface area contributed by atoms with Gasteiger partial charge in [0, 0.05) is 10.9 Å². The molecular weight excluding hydrogens is 352 g/mol. The van der Waals surface area contributed by atoms with E-state index in [1.165, 1.54) is 12.1 Å². The quantitative estimate of drug-likeness (QED) is 0.847. The van der Waals surface area contributed by atoms with Crippen LogP contribution in [0.15, 0.2) is 59.5 Å². The molecule has 24 heavy (non-hydrogen) atoms. The van der Waals surface area contributed by atoms with Crippen molar-refractivity contribution in [1.82, 2.24) is 0 Å². The van der Waals surface area contributed by atoms with Crippen molar-refractivity contribution >= 4 is 27.4 Å². The molecule has 0 aromatic heterocycles. The maximum absolute atomic E-state index is 12.9. The number of carboxylic acid groups (broad SMARTS) is 1. The molecule has 1 fully saturated rings. The normalized spacial score (nSPS) is 26.1. The Kier molecular flexibility index (Phi) is 4.15. The zero-order valence-corrected chi connectivity index (χ0v) is 14.0. The van der Waals surface area contributed by atoms with Crippen molar-refractivity contribution in [2.45, 2.75) is 16.1 Å². The van der Waals surface area contributed by atoms with E-state index in [1.54, 1.807) is 42.5 Å². The van der Waals surface area contributed by atoms with Gasteiger partial charge in [-0.2, -0.15) is 0 Å². The molecule has 1 saturated carbocycles. The number of aliphatic hydroxyl groups excluding tert-OH is 1. The molecule has 0 heterocycles. The van der Waals surface area contributed by atoms with Crippen LogP contribution >= 0.6 is 11.6 Å². The fourth-order valence-corrected chi connectivity index (χ4v) is 5.78. The van der Waals surface area contributed by atoms with Crippen molar-refractivity contribution in [1.29, 1.82) is 0 Å². The molecule has 126 valence electrons. The van der Waals surface area contributed by atoms with Gasteiger partial charge in [-0.15, -0.1) is 0 Å². The molecule has 5 nitrogen and oxygen atoms in total. The number of rotatable bonds is 5. The summed E-state index contributed by atoms with van der Waals surface area (Å²) in [5, 5.41) is 18.6. The van der Waals surface area contributed by atoms with Gasteiger partial charge in [-0.05, 0) is 29.8 Å². The van der Waals surface area contributed by atoms with E-state index in [1.807, 2.05) is 0 Å². The number of sulfone groups is 1. The maximum Gasteiger partial charge on any atom is 0.314 e. The van der Waals surface area contributed by atoms with Crippen molar-refractivity contribution in [3.8, 4) is 0 Å². The Morgan fingerprint density at radius 3 is 2.17 bits per heavy atom. The van der Waals surface area contributed by atoms with Crippen LogP contribution in [0.5, 0.6) is 0 Å². The lowest BCUT2D eigenvalue weighted by atomic mass is 10.0. The Bertz CT molecular complexity index is 864. The molecule has 0 radical (unpaired) electrons. The summed E-state index contributed by atoms with van der Waals surface area (Å²) < 4.78 is 25.8. The van der Waals surface area contributed by atoms with E-state index in [4.69, 9.17) is 11.6 Å². The van der Waals surface area contributed by atoms with E-state index < -0.39 is 39.0 Å². The first-order chi connectivity index (χ1) is 11.4. The molecule has 7 heteroatoms. The fraction of sp³-hybridized carbons (Fsp3) is 0.235. The molecule has 3 rings (SSSR count). The second-order valence-corrected chi connectivity index (χ2v) is 8.32. The SMILES string of the molecule is O=C(O)[C@]1(CO)[C@H](c2ccc(Cl)cc2)[C@@H]1S(=O)(=O)c1ccccc1. The number of benzene rings is 2. The molecule has 3 atom stereocenters. The summed E-state index contributed by atoms with van der Waals surface area (Å²) in [7, 11) is -3.91. The predicted molar refractivity (Wildman–Crippen MR) is 88.8 cm³/mol. The average molecular weight is 367 g/mol. The van der Waals surface area contributed by atoms with E-state index in [0.717, 1.165) is 0 Å². The molecule has 0 amide bonds. The number of halogens is 1. The summed E-state index contributed by atoms with van der Waals surface area (Å²) in [5.41, 5.74) is -1.22. The molecular formula is C17H15ClO5S. The number of aliphatic carboxylic acids is 1. The Balaban J connectivity index is 2.11. The lowest BCUT2D eigenvalue weighted by Crippen LogP contribution is -2.27. The van der Waals surface area contributed by atoms with Crippen molar-refractivity contribution < 1.29 is 23.4 Å². The van der Waals surface area contributed by atoms with Gasteiger partial charge in [-0.1, -0.05) is 41.9 Å². The van der Waals surface area contributed by atoms with Crippen molar-refractivity contribution in [2.75, 3.05) is 6.61 Å². The lowest BCUT2D eigenvalue weighted by Gasteiger charge is -2.09. The van der Waals surface area contributed by atoms with Crippen molar-refractivity contribution in [3.63, 3.8) is 0 Å². The lowest BCUT2D eigenvalue weighted by molar-refractivity contribution is -0.145. The molecule has 0 spiro atoms. The highest BCUT2D eigenvalue weighted by molar-refractivity contribution is 7.92. The highest BCUT2D eigenvalue weighted by Gasteiger charge is 2.75. The van der Waals surface area contributed by atoms with Crippen molar-refractivity contribution in [3.05, 3.63) is 65.2 Å². The van der Waals surface area contributed by atoms with E-state index in [-0.39, 0.29) is 4.90 Å². The van der Waals surface area contributed by atoms with E-state index in [2.05, 4.69) is 0 Å². The van der Waals surface area contributed by atoms with Crippen LogP contribution in [0, 0.1) is 5.41 Å². The highest BCUT2D eigenvalue weighted by Crippen LogP contribution is 2.64. The third kappa shape index (κ3) is 2.42. The fourth-order valence-electron chi connectivity index (χ4n) is 3.27. The summed E-state index contributed by atoms with van der Waals surface area (Å²) in [6.45, 7) is -0.758. The zero-order chi connectivity index (χ0) is 17.5. The highest BCUT2D eigenvalue weighted by atomic mass is 35.5. The summed E-state index contributed by atoms with van der Waals surface area (Å²) in [6, 6.07) is 14.0. The Morgan fingerprint density at radius 2 is 1.67 bits per heavy atom. The minimum Gasteiger partial charge on any atom is -0.481 e. The second kappa shape index (κ2) is 5.88. The van der Waals surface area contributed by atoms with E-state index >= 15 is 0 Å². The number of carbonyl (C=O) groups is 1. The topological polar surface area (TPSA) is 91.7 Å². The van der Waals surface area contributed by atoms with Crippen LogP contribution in [-0.2, 0) is 14.6 Å². The monoisotopic (exact) mass is 366 g/mol. The molecule has 2 aromatic carbocycles. The van der Waals surface area contributed by atoms with Gasteiger partial charge >= 0.3 is 5.97 Å². The third-order valence-electron chi connectivity index (χ3n) is 4.55. The van der Waals surface area contributed by atoms with Gasteiger partial charge in [-0.3, -0.25) is 4.79 Å². The standard InChI is InChI=1S/C17H15ClO5S/c18-12-8-6-11(7-9-12)14-15(17(14,10-19)16(20)21)24(22,23)13-4-2-1-3-5-13/h1-9,14-15,19H,10H2,(H,20,21)/t14-,15+,17-/m1/s1. The van der Waals surface area contributed by atoms with Gasteiger partial charge in [0.1, 0.15) is 5.41 Å². The van der Waals surface area contributed by atoms with Gasteiger partial charge in [0.15, 0.2) is 9.84 Å². The Labute approximate surface area is 144 Å². The summed E-state index contributed by atoms with van der Waals surface area (Å²) >= 11 is 5.84. The predicted octanol–water partition coefficient (Wildman–Crippen LogP) is 2.34. The molecule has 0 unspecified atom stereocenters. The first-order valence-electron chi connectivity index (χ1n) is 7.24. The van der Waals surface area contributed by atoms with Gasteiger partial charge in [0.05, 0.1) is 16.8 Å². The van der Waals surface area contributed by atoms with Crippen molar-refractivity contribution in [2.24, 2.45) is 5.41 Å². The molecule has 0 bridgehead atoms. The minimum absolute atomic E-state index is 0.0468. The Hall–Kier alpha value is -1.89. The van der Waals surface area contributed by atoms with Gasteiger partial charge in [-0.25, -0.2) is 8.42 Å². The second-order valence-electron chi connectivity index (χ2n) is 5.81. The van der Waals surface area contributed by atoms with Gasteiger partial charge in [0.2, 0.25) is 0 Å². The molecule has 0 aliphatic heterocycles. The van der Waals surface area contributed by atoms with Crippen LogP contribution in [0.3, 0.4) is 0 Å². The van der Waals surface area contributed by atoms with Crippen LogP contribution < -0.4 is 0 Å². The zero-order valence-electron chi connectivity index (χ0n) is 12.5. The molecule has 2 N–H and O–H groups in total. The smallest absolute Gasteiger partial charge is 0.314 e. The average Bonchev–Trinajstić information content (AvgIpc) is 3.28. The third-order valence-corrected chi connectivity index (χ3v) is 7.09. The number of hydrogen-bond donors (Lipinski definition) is 2. The minimum atomic E-state index is -3.91. The number of aliphatic hydroxyl groups is 1. The molecule has 1 aliphatic rings. The Morgan fingerprint density at radius 1 is 1.08 bits per heavy atom. The van der Waals surface area contributed by atoms with Gasteiger partial charge in [0.25, 0.3) is 0 Å². The summed E-state index contributed by atoms with van der Waals surface area (Å²) in [4.78, 5) is 11.8. The number of hydrogen-bond acceptors (Lipinski definition) is 4. The van der Waals surface area contributed by atoms with E-state index in [9.17, 15) is 23.4 Å². The molecule has 1 aliphatic carbocycles. The molecule has 0 saturated heterocycles. The number of carboxylic acids is 1. The molecule has 2 aromatic rings. The van der Waals surface area contributed by atoms with Crippen LogP contribution in [0.2, 0.25) is 5.02 Å².